The fourth-order valence-electron chi connectivity index (χ4n) is 5.10. The number of benzene rings is 2. The third kappa shape index (κ3) is 3.96. The van der Waals surface area contributed by atoms with E-state index in [0.29, 0.717) is 23.3 Å². The van der Waals surface area contributed by atoms with Crippen LogP contribution in [-0.4, -0.2) is 7.11 Å². The molecule has 0 radical (unpaired) electrons. The van der Waals surface area contributed by atoms with Gasteiger partial charge in [0.1, 0.15) is 24.2 Å². The molecule has 0 saturated heterocycles. The van der Waals surface area contributed by atoms with Gasteiger partial charge in [0.25, 0.3) is 0 Å². The summed E-state index contributed by atoms with van der Waals surface area (Å²) < 4.78 is 38.3. The Hall–Kier alpha value is -4.35. The molecule has 176 valence electrons. The van der Waals surface area contributed by atoms with Gasteiger partial charge in [0.05, 0.1) is 30.5 Å². The van der Waals surface area contributed by atoms with Gasteiger partial charge in [-0.05, 0) is 60.6 Å². The van der Waals surface area contributed by atoms with E-state index in [1.54, 1.807) is 18.2 Å². The van der Waals surface area contributed by atoms with E-state index in [9.17, 15) is 24.6 Å². The van der Waals surface area contributed by atoms with Crippen LogP contribution in [0.25, 0.3) is 0 Å². The average Bonchev–Trinajstić information content (AvgIpc) is 2.87. The summed E-state index contributed by atoms with van der Waals surface area (Å²) in [6.07, 6.45) is 4.30. The molecule has 2 aromatic carbocycles. The van der Waals surface area contributed by atoms with E-state index >= 15 is 0 Å². The van der Waals surface area contributed by atoms with Crippen molar-refractivity contribution < 1.29 is 18.3 Å². The first-order valence-corrected chi connectivity index (χ1v) is 11.1. The van der Waals surface area contributed by atoms with E-state index in [1.165, 1.54) is 13.2 Å². The lowest BCUT2D eigenvalue weighted by molar-refractivity contribution is 0.280. The van der Waals surface area contributed by atoms with E-state index < -0.39 is 23.0 Å². The van der Waals surface area contributed by atoms with Crippen LogP contribution >= 0.6 is 0 Å². The van der Waals surface area contributed by atoms with Crippen molar-refractivity contribution in [1.29, 1.82) is 15.8 Å². The lowest BCUT2D eigenvalue weighted by Gasteiger charge is -2.43. The highest BCUT2D eigenvalue weighted by Crippen LogP contribution is 2.56. The van der Waals surface area contributed by atoms with Gasteiger partial charge >= 0.3 is 0 Å². The molecule has 0 heterocycles. The number of hydrogen-bond acceptors (Lipinski definition) is 6. The molecular weight excluding hydrogens is 450 g/mol. The second-order valence-corrected chi connectivity index (χ2v) is 8.54. The number of allylic oxidation sites excluding steroid dienone is 4. The van der Waals surface area contributed by atoms with Crippen molar-refractivity contribution in [2.24, 2.45) is 17.1 Å². The highest BCUT2D eigenvalue weighted by molar-refractivity contribution is 5.59. The normalized spacial score (nSPS) is 20.5. The van der Waals surface area contributed by atoms with Crippen molar-refractivity contribution in [2.75, 3.05) is 7.11 Å². The van der Waals surface area contributed by atoms with Crippen LogP contribution in [0.5, 0.6) is 11.5 Å². The molecule has 2 N–H and O–H groups in total. The topological polar surface area (TPSA) is 116 Å². The highest BCUT2D eigenvalue weighted by Gasteiger charge is 2.53. The number of methoxy groups -OCH3 is 1. The Morgan fingerprint density at radius 3 is 2.49 bits per heavy atom. The maximum absolute atomic E-state index is 14.1. The van der Waals surface area contributed by atoms with Crippen molar-refractivity contribution in [2.45, 2.75) is 31.8 Å². The maximum Gasteiger partial charge on any atom is 0.191 e. The van der Waals surface area contributed by atoms with Gasteiger partial charge in [-0.25, -0.2) is 8.78 Å². The number of nitrogens with zero attached hydrogens (tertiary/aromatic N) is 3. The molecule has 2 aromatic rings. The molecular formula is C27H22F2N4O2. The zero-order valence-electron chi connectivity index (χ0n) is 19.0. The highest BCUT2D eigenvalue weighted by atomic mass is 19.1. The van der Waals surface area contributed by atoms with Gasteiger partial charge in [0.15, 0.2) is 17.0 Å². The smallest absolute Gasteiger partial charge is 0.191 e. The minimum atomic E-state index is -1.74. The van der Waals surface area contributed by atoms with Crippen LogP contribution in [0, 0.1) is 57.0 Å². The molecule has 0 spiro atoms. The van der Waals surface area contributed by atoms with Gasteiger partial charge in [-0.2, -0.15) is 15.8 Å². The number of nitrogens with two attached hydrogens (primary N) is 1. The molecule has 6 nitrogen and oxygen atoms in total. The molecule has 0 bridgehead atoms. The predicted molar refractivity (Wildman–Crippen MR) is 122 cm³/mol. The SMILES string of the molecule is COc1ccc(C2C3CCCC=C3C(C#N)=C(N)C2(C#N)C#N)cc1COc1ccc(F)cc1F. The molecule has 2 aliphatic rings. The summed E-state index contributed by atoms with van der Waals surface area (Å²) in [6, 6.07) is 14.6. The zero-order valence-corrected chi connectivity index (χ0v) is 19.0. The second-order valence-electron chi connectivity index (χ2n) is 8.54. The molecule has 0 amide bonds. The Balaban J connectivity index is 1.81. The molecule has 8 heteroatoms. The van der Waals surface area contributed by atoms with E-state index in [1.807, 2.05) is 6.08 Å². The van der Waals surface area contributed by atoms with Crippen LogP contribution in [0.2, 0.25) is 0 Å². The number of hydrogen-bond donors (Lipinski definition) is 1. The zero-order chi connectivity index (χ0) is 25.2. The van der Waals surface area contributed by atoms with E-state index in [2.05, 4.69) is 18.2 Å². The third-order valence-electron chi connectivity index (χ3n) is 6.74. The molecule has 35 heavy (non-hydrogen) atoms. The third-order valence-corrected chi connectivity index (χ3v) is 6.74. The van der Waals surface area contributed by atoms with Gasteiger partial charge in [0.2, 0.25) is 0 Å². The molecule has 4 rings (SSSR count). The molecule has 2 atom stereocenters. The molecule has 0 saturated carbocycles. The second kappa shape index (κ2) is 9.49. The Labute approximate surface area is 202 Å². The summed E-state index contributed by atoms with van der Waals surface area (Å²) >= 11 is 0. The van der Waals surface area contributed by atoms with Crippen molar-refractivity contribution in [1.82, 2.24) is 0 Å². The molecule has 0 fully saturated rings. The number of rotatable bonds is 5. The summed E-state index contributed by atoms with van der Waals surface area (Å²) in [5.41, 5.74) is 6.74. The number of halogens is 2. The van der Waals surface area contributed by atoms with Gasteiger partial charge in [-0.15, -0.1) is 0 Å². The van der Waals surface area contributed by atoms with Gasteiger partial charge in [-0.1, -0.05) is 12.1 Å². The monoisotopic (exact) mass is 472 g/mol. The van der Waals surface area contributed by atoms with Crippen LogP contribution in [0.3, 0.4) is 0 Å². The minimum Gasteiger partial charge on any atom is -0.496 e. The van der Waals surface area contributed by atoms with Crippen molar-refractivity contribution in [3.8, 4) is 29.7 Å². The van der Waals surface area contributed by atoms with Crippen molar-refractivity contribution in [3.63, 3.8) is 0 Å². The van der Waals surface area contributed by atoms with E-state index in [4.69, 9.17) is 15.2 Å². The van der Waals surface area contributed by atoms with Crippen LogP contribution in [0.1, 0.15) is 36.3 Å². The lowest BCUT2D eigenvalue weighted by atomic mass is 9.56. The van der Waals surface area contributed by atoms with Crippen LogP contribution < -0.4 is 15.2 Å². The van der Waals surface area contributed by atoms with E-state index in [0.717, 1.165) is 30.5 Å². The fraction of sp³-hybridized carbons (Fsp3) is 0.296. The average molecular weight is 472 g/mol. The number of ether oxygens (including phenoxy) is 2. The first-order chi connectivity index (χ1) is 16.9. The standard InChI is InChI=1S/C27H22F2N4O2/c1-34-23-8-6-16(10-17(23)13-35-24-9-7-18(28)11-22(24)29)25-20-5-3-2-4-19(20)21(12-30)26(33)27(25,14-31)15-32/h4,6-11,20,25H,2-3,5,13,33H2,1H3. The Bertz CT molecular complexity index is 1350. The van der Waals surface area contributed by atoms with Gasteiger partial charge < -0.3 is 15.2 Å². The Morgan fingerprint density at radius 1 is 1.09 bits per heavy atom. The number of nitriles is 3. The molecule has 0 aliphatic heterocycles. The van der Waals surface area contributed by atoms with Crippen LogP contribution in [-0.2, 0) is 6.61 Å². The number of fused-ring (bicyclic) bond motifs is 1. The molecule has 2 unspecified atom stereocenters. The first-order valence-electron chi connectivity index (χ1n) is 11.1. The molecule has 2 aliphatic carbocycles. The summed E-state index contributed by atoms with van der Waals surface area (Å²) in [6.45, 7) is -0.0967. The van der Waals surface area contributed by atoms with Crippen LogP contribution in [0.4, 0.5) is 8.78 Å². The van der Waals surface area contributed by atoms with Crippen molar-refractivity contribution in [3.05, 3.63) is 82.1 Å². The lowest BCUT2D eigenvalue weighted by Crippen LogP contribution is -2.42. The fourth-order valence-corrected chi connectivity index (χ4v) is 5.10. The maximum atomic E-state index is 14.1. The van der Waals surface area contributed by atoms with Gasteiger partial charge in [-0.3, -0.25) is 0 Å². The predicted octanol–water partition coefficient (Wildman–Crippen LogP) is 5.15. The first kappa shape index (κ1) is 23.8. The minimum absolute atomic E-state index is 0.0404. The Kier molecular flexibility index (Phi) is 6.45. The summed E-state index contributed by atoms with van der Waals surface area (Å²) in [5.74, 6) is -2.08. The van der Waals surface area contributed by atoms with E-state index in [-0.39, 0.29) is 29.5 Å². The summed E-state index contributed by atoms with van der Waals surface area (Å²) in [7, 11) is 1.48. The summed E-state index contributed by atoms with van der Waals surface area (Å²) in [5, 5.41) is 30.1. The van der Waals surface area contributed by atoms with Crippen LogP contribution in [0.15, 0.2) is 59.3 Å². The van der Waals surface area contributed by atoms with Crippen molar-refractivity contribution >= 4 is 0 Å². The summed E-state index contributed by atoms with van der Waals surface area (Å²) in [4.78, 5) is 0. The Morgan fingerprint density at radius 2 is 1.83 bits per heavy atom. The molecule has 0 aromatic heterocycles. The quantitative estimate of drug-likeness (QED) is 0.644. The van der Waals surface area contributed by atoms with Gasteiger partial charge in [0, 0.05) is 17.5 Å². The largest absolute Gasteiger partial charge is 0.496 e.